The van der Waals surface area contributed by atoms with Gasteiger partial charge in [0, 0.05) is 26.2 Å². The molecule has 106 valence electrons. The van der Waals surface area contributed by atoms with Crippen molar-refractivity contribution in [3.63, 3.8) is 0 Å². The Morgan fingerprint density at radius 3 is 2.56 bits per heavy atom. The Labute approximate surface area is 110 Å². The number of carbonyl (C=O) groups is 1. The maximum atomic E-state index is 11.5. The van der Waals surface area contributed by atoms with E-state index in [1.807, 2.05) is 6.92 Å². The number of hydrogen-bond donors (Lipinski definition) is 1. The standard InChI is InChI=1S/C13H26N2O3/c1-4-18-11-5-8-15(9-6-11)10-7-13(2,14)12(16)17-3/h11H,4-10,14H2,1-3H3. The van der Waals surface area contributed by atoms with Gasteiger partial charge in [-0.2, -0.15) is 0 Å². The summed E-state index contributed by atoms with van der Waals surface area (Å²) in [6.45, 7) is 7.41. The van der Waals surface area contributed by atoms with E-state index in [0.29, 0.717) is 12.5 Å². The van der Waals surface area contributed by atoms with Gasteiger partial charge in [-0.1, -0.05) is 0 Å². The zero-order valence-electron chi connectivity index (χ0n) is 11.8. The Balaban J connectivity index is 2.27. The molecule has 0 aliphatic carbocycles. The lowest BCUT2D eigenvalue weighted by Gasteiger charge is -2.33. The van der Waals surface area contributed by atoms with Gasteiger partial charge in [0.25, 0.3) is 0 Å². The lowest BCUT2D eigenvalue weighted by molar-refractivity contribution is -0.146. The predicted octanol–water partition coefficient (Wildman–Crippen LogP) is 0.768. The third-order valence-electron chi connectivity index (χ3n) is 3.54. The van der Waals surface area contributed by atoms with Gasteiger partial charge in [0.05, 0.1) is 13.2 Å². The molecule has 1 rings (SSSR count). The van der Waals surface area contributed by atoms with Crippen LogP contribution in [0, 0.1) is 0 Å². The maximum absolute atomic E-state index is 11.5. The first-order chi connectivity index (χ1) is 8.49. The lowest BCUT2D eigenvalue weighted by atomic mass is 9.98. The second kappa shape index (κ2) is 7.07. The van der Waals surface area contributed by atoms with Crippen molar-refractivity contribution in [2.75, 3.05) is 33.4 Å². The fourth-order valence-corrected chi connectivity index (χ4v) is 2.26. The Kier molecular flexibility index (Phi) is 6.05. The molecule has 0 aromatic rings. The smallest absolute Gasteiger partial charge is 0.325 e. The third-order valence-corrected chi connectivity index (χ3v) is 3.54. The fraction of sp³-hybridized carbons (Fsp3) is 0.923. The topological polar surface area (TPSA) is 64.8 Å². The molecule has 0 radical (unpaired) electrons. The Morgan fingerprint density at radius 1 is 1.44 bits per heavy atom. The molecule has 1 saturated heterocycles. The van der Waals surface area contributed by atoms with Crippen molar-refractivity contribution in [1.29, 1.82) is 0 Å². The molecule has 1 fully saturated rings. The first-order valence-electron chi connectivity index (χ1n) is 6.71. The highest BCUT2D eigenvalue weighted by Crippen LogP contribution is 2.16. The highest BCUT2D eigenvalue weighted by atomic mass is 16.5. The molecule has 0 amide bonds. The second-order valence-corrected chi connectivity index (χ2v) is 5.16. The minimum absolute atomic E-state index is 0.341. The Hall–Kier alpha value is -0.650. The Morgan fingerprint density at radius 2 is 2.06 bits per heavy atom. The molecule has 1 aliphatic heterocycles. The van der Waals surface area contributed by atoms with E-state index in [9.17, 15) is 4.79 Å². The van der Waals surface area contributed by atoms with Gasteiger partial charge in [-0.15, -0.1) is 0 Å². The summed E-state index contributed by atoms with van der Waals surface area (Å²) in [6.07, 6.45) is 3.15. The normalized spacial score (nSPS) is 21.6. The SMILES string of the molecule is CCOC1CCN(CCC(C)(N)C(=O)OC)CC1. The number of ether oxygens (including phenoxy) is 2. The van der Waals surface area contributed by atoms with Crippen LogP contribution >= 0.6 is 0 Å². The monoisotopic (exact) mass is 258 g/mol. The van der Waals surface area contributed by atoms with Crippen molar-refractivity contribution in [2.45, 2.75) is 44.8 Å². The van der Waals surface area contributed by atoms with Gasteiger partial charge in [-0.3, -0.25) is 4.79 Å². The molecule has 1 unspecified atom stereocenters. The molecule has 18 heavy (non-hydrogen) atoms. The van der Waals surface area contributed by atoms with Crippen molar-refractivity contribution in [2.24, 2.45) is 5.73 Å². The first-order valence-corrected chi connectivity index (χ1v) is 6.71. The molecule has 1 atom stereocenters. The van der Waals surface area contributed by atoms with Crippen LogP contribution in [0.1, 0.15) is 33.1 Å². The lowest BCUT2D eigenvalue weighted by Crippen LogP contribution is -2.49. The van der Waals surface area contributed by atoms with Crippen molar-refractivity contribution >= 4 is 5.97 Å². The van der Waals surface area contributed by atoms with E-state index in [-0.39, 0.29) is 5.97 Å². The molecule has 0 aromatic heterocycles. The van der Waals surface area contributed by atoms with Crippen LogP contribution in [0.3, 0.4) is 0 Å². The second-order valence-electron chi connectivity index (χ2n) is 5.16. The average molecular weight is 258 g/mol. The summed E-state index contributed by atoms with van der Waals surface area (Å²) in [4.78, 5) is 13.8. The van der Waals surface area contributed by atoms with E-state index in [4.69, 9.17) is 15.2 Å². The molecule has 1 heterocycles. The number of hydrogen-bond acceptors (Lipinski definition) is 5. The van der Waals surface area contributed by atoms with Crippen LogP contribution in [0.15, 0.2) is 0 Å². The van der Waals surface area contributed by atoms with E-state index >= 15 is 0 Å². The zero-order valence-corrected chi connectivity index (χ0v) is 11.8. The van der Waals surface area contributed by atoms with Crippen LogP contribution in [0.5, 0.6) is 0 Å². The number of carbonyl (C=O) groups excluding carboxylic acids is 1. The number of piperidine rings is 1. The largest absolute Gasteiger partial charge is 0.468 e. The number of likely N-dealkylation sites (tertiary alicyclic amines) is 1. The summed E-state index contributed by atoms with van der Waals surface area (Å²) in [6, 6.07) is 0. The molecule has 0 spiro atoms. The van der Waals surface area contributed by atoms with Crippen LogP contribution in [0.4, 0.5) is 0 Å². The average Bonchev–Trinajstić information content (AvgIpc) is 2.37. The van der Waals surface area contributed by atoms with Crippen molar-refractivity contribution in [1.82, 2.24) is 4.90 Å². The number of esters is 1. The quantitative estimate of drug-likeness (QED) is 0.713. The van der Waals surface area contributed by atoms with Crippen LogP contribution < -0.4 is 5.73 Å². The molecule has 5 heteroatoms. The molecule has 0 saturated carbocycles. The summed E-state index contributed by atoms with van der Waals surface area (Å²) >= 11 is 0. The Bertz CT molecular complexity index is 261. The number of nitrogens with two attached hydrogens (primary N) is 1. The van der Waals surface area contributed by atoms with Crippen LogP contribution in [0.25, 0.3) is 0 Å². The minimum atomic E-state index is -0.883. The highest BCUT2D eigenvalue weighted by molar-refractivity contribution is 5.79. The molecule has 0 bridgehead atoms. The number of rotatable bonds is 6. The summed E-state index contributed by atoms with van der Waals surface area (Å²) in [5.41, 5.74) is 5.05. The zero-order chi connectivity index (χ0) is 13.6. The van der Waals surface area contributed by atoms with Gasteiger partial charge >= 0.3 is 5.97 Å². The van der Waals surface area contributed by atoms with Gasteiger partial charge in [0.1, 0.15) is 5.54 Å². The van der Waals surface area contributed by atoms with E-state index in [1.54, 1.807) is 6.92 Å². The van der Waals surface area contributed by atoms with Gasteiger partial charge in [0.2, 0.25) is 0 Å². The van der Waals surface area contributed by atoms with Crippen LogP contribution in [0.2, 0.25) is 0 Å². The van der Waals surface area contributed by atoms with Crippen molar-refractivity contribution in [3.05, 3.63) is 0 Å². The van der Waals surface area contributed by atoms with Crippen molar-refractivity contribution < 1.29 is 14.3 Å². The van der Waals surface area contributed by atoms with Gasteiger partial charge in [0.15, 0.2) is 0 Å². The van der Waals surface area contributed by atoms with Gasteiger partial charge in [-0.05, 0) is 33.1 Å². The fourth-order valence-electron chi connectivity index (χ4n) is 2.26. The van der Waals surface area contributed by atoms with Gasteiger partial charge < -0.3 is 20.1 Å². The van der Waals surface area contributed by atoms with Crippen molar-refractivity contribution in [3.8, 4) is 0 Å². The summed E-state index contributed by atoms with van der Waals surface area (Å²) < 4.78 is 10.3. The molecule has 1 aliphatic rings. The van der Waals surface area contributed by atoms with E-state index < -0.39 is 5.54 Å². The maximum Gasteiger partial charge on any atom is 0.325 e. The molecule has 5 nitrogen and oxygen atoms in total. The predicted molar refractivity (Wildman–Crippen MR) is 70.3 cm³/mol. The van der Waals surface area contributed by atoms with E-state index in [0.717, 1.165) is 39.1 Å². The van der Waals surface area contributed by atoms with Gasteiger partial charge in [-0.25, -0.2) is 0 Å². The molecule has 0 aromatic carbocycles. The first kappa shape index (κ1) is 15.4. The highest BCUT2D eigenvalue weighted by Gasteiger charge is 2.30. The number of nitrogens with zero attached hydrogens (tertiary/aromatic N) is 1. The van der Waals surface area contributed by atoms with Crippen LogP contribution in [-0.4, -0.2) is 55.9 Å². The summed E-state index contributed by atoms with van der Waals surface area (Å²) in [5, 5.41) is 0. The molecular weight excluding hydrogens is 232 g/mol. The summed E-state index contributed by atoms with van der Waals surface area (Å²) in [5.74, 6) is -0.341. The molecule has 2 N–H and O–H groups in total. The summed E-state index contributed by atoms with van der Waals surface area (Å²) in [7, 11) is 1.38. The van der Waals surface area contributed by atoms with Crippen LogP contribution in [-0.2, 0) is 14.3 Å². The minimum Gasteiger partial charge on any atom is -0.468 e. The third kappa shape index (κ3) is 4.55. The van der Waals surface area contributed by atoms with E-state index in [1.165, 1.54) is 7.11 Å². The molecular formula is C13H26N2O3. The number of methoxy groups -OCH3 is 1. The van der Waals surface area contributed by atoms with E-state index in [2.05, 4.69) is 4.90 Å².